The van der Waals surface area contributed by atoms with Crippen molar-refractivity contribution in [2.45, 2.75) is 20.3 Å². The molecule has 0 bridgehead atoms. The van der Waals surface area contributed by atoms with Crippen LogP contribution in [0.1, 0.15) is 19.7 Å². The van der Waals surface area contributed by atoms with Crippen LogP contribution in [0.3, 0.4) is 0 Å². The Kier molecular flexibility index (Phi) is 4.98. The second-order valence-electron chi connectivity index (χ2n) is 4.54. The smallest absolute Gasteiger partial charge is 0.131 e. The van der Waals surface area contributed by atoms with Gasteiger partial charge in [0.25, 0.3) is 0 Å². The number of nitrogens with one attached hydrogen (secondary N) is 1. The molecule has 1 aromatic heterocycles. The molecule has 0 fully saturated rings. The van der Waals surface area contributed by atoms with Crippen LogP contribution in [0.5, 0.6) is 11.5 Å². The van der Waals surface area contributed by atoms with E-state index < -0.39 is 0 Å². The summed E-state index contributed by atoms with van der Waals surface area (Å²) in [5.41, 5.74) is 1.80. The molecule has 1 heterocycles. The zero-order valence-corrected chi connectivity index (χ0v) is 12.9. The van der Waals surface area contributed by atoms with Crippen molar-refractivity contribution in [3.63, 3.8) is 0 Å². The molecule has 112 valence electrons. The lowest BCUT2D eigenvalue weighted by atomic mass is 10.1. The summed E-state index contributed by atoms with van der Waals surface area (Å²) in [6, 6.07) is 7.67. The predicted molar refractivity (Wildman–Crippen MR) is 84.1 cm³/mol. The van der Waals surface area contributed by atoms with Crippen molar-refractivity contribution in [3.8, 4) is 22.8 Å². The molecule has 0 saturated heterocycles. The van der Waals surface area contributed by atoms with E-state index in [1.807, 2.05) is 38.1 Å². The van der Waals surface area contributed by atoms with Crippen molar-refractivity contribution >= 4 is 5.82 Å². The molecule has 0 aliphatic rings. The van der Waals surface area contributed by atoms with Gasteiger partial charge in [0, 0.05) is 30.7 Å². The number of methoxy groups -OCH3 is 2. The molecule has 0 saturated carbocycles. The molecule has 0 atom stereocenters. The number of nitrogens with zero attached hydrogens (tertiary/aromatic N) is 2. The highest BCUT2D eigenvalue weighted by atomic mass is 16.5. The summed E-state index contributed by atoms with van der Waals surface area (Å²) in [6.07, 6.45) is 0.785. The quantitative estimate of drug-likeness (QED) is 0.884. The second kappa shape index (κ2) is 6.92. The highest BCUT2D eigenvalue weighted by Gasteiger charge is 2.09. The lowest BCUT2D eigenvalue weighted by Gasteiger charge is -2.11. The van der Waals surface area contributed by atoms with Gasteiger partial charge < -0.3 is 14.8 Å². The third-order valence-electron chi connectivity index (χ3n) is 3.09. The fourth-order valence-electron chi connectivity index (χ4n) is 2.03. The molecule has 0 aliphatic carbocycles. The summed E-state index contributed by atoms with van der Waals surface area (Å²) < 4.78 is 10.6. The van der Waals surface area contributed by atoms with Crippen molar-refractivity contribution in [3.05, 3.63) is 30.1 Å². The van der Waals surface area contributed by atoms with E-state index in [4.69, 9.17) is 9.47 Å². The molecular weight excluding hydrogens is 266 g/mol. The number of benzene rings is 1. The number of anilines is 1. The number of hydrogen-bond acceptors (Lipinski definition) is 5. The monoisotopic (exact) mass is 287 g/mol. The fourth-order valence-corrected chi connectivity index (χ4v) is 2.03. The van der Waals surface area contributed by atoms with E-state index in [1.165, 1.54) is 0 Å². The van der Waals surface area contributed by atoms with Crippen molar-refractivity contribution in [2.24, 2.45) is 0 Å². The Balaban J connectivity index is 2.51. The Morgan fingerprint density at radius 3 is 2.14 bits per heavy atom. The maximum absolute atomic E-state index is 5.31. The zero-order chi connectivity index (χ0) is 15.2. The second-order valence-corrected chi connectivity index (χ2v) is 4.54. The number of aryl methyl sites for hydroxylation is 1. The zero-order valence-electron chi connectivity index (χ0n) is 12.9. The summed E-state index contributed by atoms with van der Waals surface area (Å²) in [6.45, 7) is 4.91. The van der Waals surface area contributed by atoms with Gasteiger partial charge in [-0.25, -0.2) is 9.97 Å². The maximum atomic E-state index is 5.31. The third-order valence-corrected chi connectivity index (χ3v) is 3.09. The summed E-state index contributed by atoms with van der Waals surface area (Å²) in [5.74, 6) is 3.13. The van der Waals surface area contributed by atoms with Crippen molar-refractivity contribution in [1.82, 2.24) is 9.97 Å². The molecule has 1 aromatic carbocycles. The minimum absolute atomic E-state index is 0.742. The molecule has 1 N–H and O–H groups in total. The van der Waals surface area contributed by atoms with Gasteiger partial charge in [-0.3, -0.25) is 0 Å². The number of aromatic nitrogens is 2. The molecule has 0 amide bonds. The van der Waals surface area contributed by atoms with Crippen LogP contribution in [0.25, 0.3) is 11.3 Å². The highest BCUT2D eigenvalue weighted by molar-refractivity contribution is 5.66. The molecule has 0 aliphatic heterocycles. The van der Waals surface area contributed by atoms with Gasteiger partial charge in [-0.2, -0.15) is 0 Å². The molecule has 5 nitrogen and oxygen atoms in total. The van der Waals surface area contributed by atoms with Gasteiger partial charge in [0.2, 0.25) is 0 Å². The predicted octanol–water partition coefficient (Wildman–Crippen LogP) is 3.16. The Morgan fingerprint density at radius 1 is 0.952 bits per heavy atom. The van der Waals surface area contributed by atoms with E-state index in [2.05, 4.69) is 15.3 Å². The maximum Gasteiger partial charge on any atom is 0.131 e. The Morgan fingerprint density at radius 2 is 1.62 bits per heavy atom. The summed E-state index contributed by atoms with van der Waals surface area (Å²) in [4.78, 5) is 9.06. The minimum Gasteiger partial charge on any atom is -0.497 e. The van der Waals surface area contributed by atoms with Gasteiger partial charge >= 0.3 is 0 Å². The van der Waals surface area contributed by atoms with Gasteiger partial charge in [-0.15, -0.1) is 0 Å². The highest BCUT2D eigenvalue weighted by Crippen LogP contribution is 2.29. The molecular formula is C16H21N3O2. The summed E-state index contributed by atoms with van der Waals surface area (Å²) in [5, 5.41) is 3.24. The van der Waals surface area contributed by atoms with Gasteiger partial charge in [0.15, 0.2) is 0 Å². The standard InChI is InChI=1S/C16H21N3O2/c1-5-15-18-14(10-16(19-15)17-6-2)11-7-12(20-3)9-13(8-11)21-4/h7-10H,5-6H2,1-4H3,(H,17,18,19). The van der Waals surface area contributed by atoms with Gasteiger partial charge in [0.1, 0.15) is 23.1 Å². The molecule has 0 radical (unpaired) electrons. The van der Waals surface area contributed by atoms with E-state index in [0.717, 1.165) is 47.4 Å². The average molecular weight is 287 g/mol. The molecule has 2 rings (SSSR count). The van der Waals surface area contributed by atoms with Crippen LogP contribution in [-0.2, 0) is 6.42 Å². The molecule has 0 spiro atoms. The molecule has 2 aromatic rings. The number of hydrogen-bond donors (Lipinski definition) is 1. The first-order chi connectivity index (χ1) is 10.2. The van der Waals surface area contributed by atoms with Gasteiger partial charge in [0.05, 0.1) is 19.9 Å². The van der Waals surface area contributed by atoms with Crippen LogP contribution in [-0.4, -0.2) is 30.7 Å². The Bertz CT molecular complexity index is 592. The van der Waals surface area contributed by atoms with Crippen molar-refractivity contribution in [1.29, 1.82) is 0 Å². The largest absolute Gasteiger partial charge is 0.497 e. The summed E-state index contributed by atoms with van der Waals surface area (Å²) in [7, 11) is 3.28. The lowest BCUT2D eigenvalue weighted by molar-refractivity contribution is 0.394. The first-order valence-corrected chi connectivity index (χ1v) is 7.05. The minimum atomic E-state index is 0.742. The van der Waals surface area contributed by atoms with Gasteiger partial charge in [-0.05, 0) is 19.1 Å². The SMILES string of the molecule is CCNc1cc(-c2cc(OC)cc(OC)c2)nc(CC)n1. The number of rotatable bonds is 6. The van der Waals surface area contributed by atoms with Crippen LogP contribution in [0.15, 0.2) is 24.3 Å². The van der Waals surface area contributed by atoms with Crippen LogP contribution in [0, 0.1) is 0 Å². The normalized spacial score (nSPS) is 10.3. The Labute approximate surface area is 125 Å². The van der Waals surface area contributed by atoms with E-state index in [-0.39, 0.29) is 0 Å². The van der Waals surface area contributed by atoms with Gasteiger partial charge in [-0.1, -0.05) is 6.92 Å². The van der Waals surface area contributed by atoms with Crippen LogP contribution in [0.4, 0.5) is 5.82 Å². The topological polar surface area (TPSA) is 56.3 Å². The van der Waals surface area contributed by atoms with E-state index in [0.29, 0.717) is 0 Å². The molecule has 0 unspecified atom stereocenters. The van der Waals surface area contributed by atoms with E-state index in [9.17, 15) is 0 Å². The summed E-state index contributed by atoms with van der Waals surface area (Å²) >= 11 is 0. The average Bonchev–Trinajstić information content (AvgIpc) is 2.54. The first kappa shape index (κ1) is 15.1. The fraction of sp³-hybridized carbons (Fsp3) is 0.375. The molecule has 21 heavy (non-hydrogen) atoms. The van der Waals surface area contributed by atoms with Crippen molar-refractivity contribution < 1.29 is 9.47 Å². The lowest BCUT2D eigenvalue weighted by Crippen LogP contribution is -2.04. The first-order valence-electron chi connectivity index (χ1n) is 7.05. The van der Waals surface area contributed by atoms with Crippen molar-refractivity contribution in [2.75, 3.05) is 26.1 Å². The van der Waals surface area contributed by atoms with E-state index >= 15 is 0 Å². The van der Waals surface area contributed by atoms with Crippen LogP contribution < -0.4 is 14.8 Å². The van der Waals surface area contributed by atoms with Crippen LogP contribution >= 0.6 is 0 Å². The van der Waals surface area contributed by atoms with Crippen LogP contribution in [0.2, 0.25) is 0 Å². The third kappa shape index (κ3) is 3.62. The van der Waals surface area contributed by atoms with E-state index in [1.54, 1.807) is 14.2 Å². The Hall–Kier alpha value is -2.30. The molecule has 5 heteroatoms. The number of ether oxygens (including phenoxy) is 2.